The molecule has 2 heteroatoms. The molecule has 0 saturated heterocycles. The SMILES string of the molecule is C#CCCC(CCN(CC)CC)NCCC. The van der Waals surface area contributed by atoms with E-state index in [4.69, 9.17) is 6.42 Å². The fraction of sp³-hybridized carbons (Fsp3) is 0.857. The Labute approximate surface area is 102 Å². The van der Waals surface area contributed by atoms with Gasteiger partial charge in [-0.25, -0.2) is 0 Å². The van der Waals surface area contributed by atoms with Gasteiger partial charge in [-0.2, -0.15) is 0 Å². The molecule has 0 rings (SSSR count). The van der Waals surface area contributed by atoms with Crippen molar-refractivity contribution in [2.24, 2.45) is 0 Å². The summed E-state index contributed by atoms with van der Waals surface area (Å²) in [6.07, 6.45) is 9.73. The van der Waals surface area contributed by atoms with Crippen LogP contribution in [0.15, 0.2) is 0 Å². The van der Waals surface area contributed by atoms with Gasteiger partial charge in [0.1, 0.15) is 0 Å². The van der Waals surface area contributed by atoms with E-state index >= 15 is 0 Å². The topological polar surface area (TPSA) is 15.3 Å². The number of nitrogens with zero attached hydrogens (tertiary/aromatic N) is 1. The van der Waals surface area contributed by atoms with Crippen molar-refractivity contribution in [1.82, 2.24) is 10.2 Å². The van der Waals surface area contributed by atoms with Gasteiger partial charge in [0.15, 0.2) is 0 Å². The quantitative estimate of drug-likeness (QED) is 0.574. The lowest BCUT2D eigenvalue weighted by Gasteiger charge is -2.23. The van der Waals surface area contributed by atoms with E-state index in [1.54, 1.807) is 0 Å². The summed E-state index contributed by atoms with van der Waals surface area (Å²) < 4.78 is 0. The van der Waals surface area contributed by atoms with Crippen molar-refractivity contribution in [2.75, 3.05) is 26.2 Å². The molecule has 0 aromatic heterocycles. The highest BCUT2D eigenvalue weighted by atomic mass is 15.1. The number of terminal acetylenes is 1. The van der Waals surface area contributed by atoms with Gasteiger partial charge in [0.05, 0.1) is 0 Å². The molecule has 0 aliphatic heterocycles. The van der Waals surface area contributed by atoms with Crippen LogP contribution in [0.4, 0.5) is 0 Å². The van der Waals surface area contributed by atoms with Gasteiger partial charge in [-0.3, -0.25) is 0 Å². The van der Waals surface area contributed by atoms with E-state index in [2.05, 4.69) is 36.9 Å². The van der Waals surface area contributed by atoms with Crippen molar-refractivity contribution in [3.63, 3.8) is 0 Å². The first kappa shape index (κ1) is 15.5. The molecule has 0 aliphatic carbocycles. The molecular weight excluding hydrogens is 196 g/mol. The normalized spacial score (nSPS) is 12.7. The molecule has 2 nitrogen and oxygen atoms in total. The Bertz CT molecular complexity index is 180. The van der Waals surface area contributed by atoms with Crippen LogP contribution in [-0.4, -0.2) is 37.1 Å². The molecular formula is C14H28N2. The molecule has 0 heterocycles. The van der Waals surface area contributed by atoms with Crippen LogP contribution in [0.3, 0.4) is 0 Å². The minimum absolute atomic E-state index is 0.594. The molecule has 0 aromatic carbocycles. The highest BCUT2D eigenvalue weighted by Crippen LogP contribution is 2.03. The minimum atomic E-state index is 0.594. The van der Waals surface area contributed by atoms with Gasteiger partial charge < -0.3 is 10.2 Å². The molecule has 1 N–H and O–H groups in total. The van der Waals surface area contributed by atoms with Crippen molar-refractivity contribution in [3.8, 4) is 12.3 Å². The molecule has 0 fully saturated rings. The van der Waals surface area contributed by atoms with Crippen LogP contribution in [0.25, 0.3) is 0 Å². The molecule has 0 bridgehead atoms. The first-order valence-corrected chi connectivity index (χ1v) is 6.67. The van der Waals surface area contributed by atoms with Crippen LogP contribution >= 0.6 is 0 Å². The smallest absolute Gasteiger partial charge is 0.0101 e. The summed E-state index contributed by atoms with van der Waals surface area (Å²) in [7, 11) is 0. The largest absolute Gasteiger partial charge is 0.314 e. The van der Waals surface area contributed by atoms with Gasteiger partial charge in [0, 0.05) is 12.5 Å². The summed E-state index contributed by atoms with van der Waals surface area (Å²) in [4.78, 5) is 2.47. The second kappa shape index (κ2) is 11.0. The lowest BCUT2D eigenvalue weighted by atomic mass is 10.1. The van der Waals surface area contributed by atoms with Gasteiger partial charge in [-0.05, 0) is 45.4 Å². The summed E-state index contributed by atoms with van der Waals surface area (Å²) in [5.41, 5.74) is 0. The zero-order valence-corrected chi connectivity index (χ0v) is 11.3. The zero-order valence-electron chi connectivity index (χ0n) is 11.3. The van der Waals surface area contributed by atoms with Crippen molar-refractivity contribution in [1.29, 1.82) is 0 Å². The Morgan fingerprint density at radius 3 is 2.38 bits per heavy atom. The van der Waals surface area contributed by atoms with E-state index in [1.165, 1.54) is 19.4 Å². The molecule has 0 radical (unpaired) electrons. The predicted octanol–water partition coefficient (Wildman–Crippen LogP) is 2.50. The molecule has 0 amide bonds. The predicted molar refractivity (Wildman–Crippen MR) is 72.6 cm³/mol. The van der Waals surface area contributed by atoms with Crippen LogP contribution in [0.1, 0.15) is 46.5 Å². The maximum atomic E-state index is 5.33. The van der Waals surface area contributed by atoms with Crippen molar-refractivity contribution >= 4 is 0 Å². The van der Waals surface area contributed by atoms with E-state index in [0.717, 1.165) is 32.5 Å². The van der Waals surface area contributed by atoms with Crippen LogP contribution in [0, 0.1) is 12.3 Å². The van der Waals surface area contributed by atoms with E-state index in [9.17, 15) is 0 Å². The molecule has 1 unspecified atom stereocenters. The summed E-state index contributed by atoms with van der Waals surface area (Å²) in [6, 6.07) is 0.594. The Morgan fingerprint density at radius 1 is 1.19 bits per heavy atom. The van der Waals surface area contributed by atoms with Crippen LogP contribution in [0.5, 0.6) is 0 Å². The summed E-state index contributed by atoms with van der Waals surface area (Å²) >= 11 is 0. The van der Waals surface area contributed by atoms with Gasteiger partial charge in [-0.1, -0.05) is 20.8 Å². The number of hydrogen-bond acceptors (Lipinski definition) is 2. The summed E-state index contributed by atoms with van der Waals surface area (Å²) in [6.45, 7) is 11.2. The molecule has 94 valence electrons. The number of hydrogen-bond donors (Lipinski definition) is 1. The van der Waals surface area contributed by atoms with Gasteiger partial charge in [0.25, 0.3) is 0 Å². The van der Waals surface area contributed by atoms with Crippen LogP contribution < -0.4 is 5.32 Å². The lowest BCUT2D eigenvalue weighted by molar-refractivity contribution is 0.278. The summed E-state index contributed by atoms with van der Waals surface area (Å²) in [5, 5.41) is 3.59. The molecule has 1 atom stereocenters. The average Bonchev–Trinajstić information content (AvgIpc) is 2.32. The average molecular weight is 224 g/mol. The Balaban J connectivity index is 3.84. The van der Waals surface area contributed by atoms with Crippen molar-refractivity contribution in [3.05, 3.63) is 0 Å². The second-order valence-electron chi connectivity index (χ2n) is 4.21. The van der Waals surface area contributed by atoms with Crippen LogP contribution in [-0.2, 0) is 0 Å². The molecule has 0 saturated carbocycles. The Morgan fingerprint density at radius 2 is 1.88 bits per heavy atom. The van der Waals surface area contributed by atoms with Crippen molar-refractivity contribution in [2.45, 2.75) is 52.5 Å². The monoisotopic (exact) mass is 224 g/mol. The second-order valence-corrected chi connectivity index (χ2v) is 4.21. The van der Waals surface area contributed by atoms with E-state index in [1.807, 2.05) is 0 Å². The fourth-order valence-electron chi connectivity index (χ4n) is 1.83. The highest BCUT2D eigenvalue weighted by molar-refractivity contribution is 4.85. The van der Waals surface area contributed by atoms with Gasteiger partial charge >= 0.3 is 0 Å². The molecule has 0 aromatic rings. The molecule has 0 aliphatic rings. The minimum Gasteiger partial charge on any atom is -0.314 e. The van der Waals surface area contributed by atoms with E-state index in [0.29, 0.717) is 6.04 Å². The first-order valence-electron chi connectivity index (χ1n) is 6.67. The summed E-state index contributed by atoms with van der Waals surface area (Å²) in [5.74, 6) is 2.74. The number of rotatable bonds is 10. The van der Waals surface area contributed by atoms with Crippen LogP contribution in [0.2, 0.25) is 0 Å². The maximum Gasteiger partial charge on any atom is 0.0101 e. The molecule has 0 spiro atoms. The Hall–Kier alpha value is -0.520. The van der Waals surface area contributed by atoms with E-state index in [-0.39, 0.29) is 0 Å². The first-order chi connectivity index (χ1) is 7.78. The zero-order chi connectivity index (χ0) is 12.2. The highest BCUT2D eigenvalue weighted by Gasteiger charge is 2.08. The van der Waals surface area contributed by atoms with Gasteiger partial charge in [-0.15, -0.1) is 12.3 Å². The lowest BCUT2D eigenvalue weighted by Crippen LogP contribution is -2.34. The fourth-order valence-corrected chi connectivity index (χ4v) is 1.83. The third-order valence-corrected chi connectivity index (χ3v) is 3.01. The molecule has 16 heavy (non-hydrogen) atoms. The van der Waals surface area contributed by atoms with Crippen molar-refractivity contribution < 1.29 is 0 Å². The third-order valence-electron chi connectivity index (χ3n) is 3.01. The van der Waals surface area contributed by atoms with E-state index < -0.39 is 0 Å². The standard InChI is InChI=1S/C14H28N2/c1-5-9-10-14(15-12-6-2)11-13-16(7-3)8-4/h1,14-15H,6-13H2,2-4H3. The maximum absolute atomic E-state index is 5.33. The third kappa shape index (κ3) is 7.73. The van der Waals surface area contributed by atoms with Gasteiger partial charge in [0.2, 0.25) is 0 Å². The number of nitrogens with one attached hydrogen (secondary N) is 1. The Kier molecular flexibility index (Phi) is 10.6.